The minimum atomic E-state index is 0.413. The molecule has 4 nitrogen and oxygen atoms in total. The molecule has 1 aliphatic heterocycles. The molecule has 1 aromatic rings. The van der Waals surface area contributed by atoms with Crippen LogP contribution in [0.5, 0.6) is 5.75 Å². The molecule has 0 amide bonds. The molecule has 0 saturated carbocycles. The molecule has 4 N–H and O–H groups in total. The molecular formula is C14H23N3OS. The summed E-state index contributed by atoms with van der Waals surface area (Å²) in [5.74, 6) is 0.767. The van der Waals surface area contributed by atoms with E-state index in [0.29, 0.717) is 17.5 Å². The van der Waals surface area contributed by atoms with Gasteiger partial charge in [-0.3, -0.25) is 0 Å². The highest BCUT2D eigenvalue weighted by Gasteiger charge is 2.26. The number of thioether (sulfide) groups is 1. The van der Waals surface area contributed by atoms with Gasteiger partial charge in [0.2, 0.25) is 0 Å². The van der Waals surface area contributed by atoms with Crippen LogP contribution >= 0.6 is 11.8 Å². The Labute approximate surface area is 119 Å². The molecule has 2 rings (SSSR count). The van der Waals surface area contributed by atoms with Crippen molar-refractivity contribution >= 4 is 23.1 Å². The maximum absolute atomic E-state index is 6.16. The van der Waals surface area contributed by atoms with Gasteiger partial charge in [0, 0.05) is 6.54 Å². The minimum absolute atomic E-state index is 0.413. The number of nitrogens with zero attached hydrogens (tertiary/aromatic N) is 1. The standard InChI is InChI=1S/C14H23N3OS/c1-4-17(5-2)7-10-8-18-13-11(15)6-9(3)12(16)14(13)19-10/h6,10H,4-5,7-8,15-16H2,1-3H3. The second-order valence-electron chi connectivity index (χ2n) is 4.89. The lowest BCUT2D eigenvalue weighted by Crippen LogP contribution is -2.35. The summed E-state index contributed by atoms with van der Waals surface area (Å²) in [4.78, 5) is 3.42. The largest absolute Gasteiger partial charge is 0.489 e. The van der Waals surface area contributed by atoms with E-state index in [1.165, 1.54) is 0 Å². The van der Waals surface area contributed by atoms with Crippen molar-refractivity contribution in [2.24, 2.45) is 0 Å². The first-order valence-electron chi connectivity index (χ1n) is 6.77. The Morgan fingerprint density at radius 3 is 2.68 bits per heavy atom. The van der Waals surface area contributed by atoms with Gasteiger partial charge in [0.05, 0.1) is 21.5 Å². The zero-order valence-corrected chi connectivity index (χ0v) is 12.7. The third kappa shape index (κ3) is 2.92. The van der Waals surface area contributed by atoms with Crippen LogP contribution in [0.4, 0.5) is 11.4 Å². The molecule has 1 atom stereocenters. The molecule has 1 aromatic carbocycles. The summed E-state index contributed by atoms with van der Waals surface area (Å²) in [6.45, 7) is 10.2. The van der Waals surface area contributed by atoms with Crippen LogP contribution in [0, 0.1) is 6.92 Å². The summed E-state index contributed by atoms with van der Waals surface area (Å²) in [6, 6.07) is 1.89. The monoisotopic (exact) mass is 281 g/mol. The van der Waals surface area contributed by atoms with Gasteiger partial charge in [-0.2, -0.15) is 0 Å². The Kier molecular flexibility index (Phi) is 4.47. The quantitative estimate of drug-likeness (QED) is 0.829. The number of ether oxygens (including phenoxy) is 1. The fourth-order valence-electron chi connectivity index (χ4n) is 2.31. The van der Waals surface area contributed by atoms with Crippen LogP contribution in [0.2, 0.25) is 0 Å². The van der Waals surface area contributed by atoms with E-state index in [4.69, 9.17) is 16.2 Å². The zero-order valence-electron chi connectivity index (χ0n) is 11.9. The van der Waals surface area contributed by atoms with Crippen molar-refractivity contribution in [3.8, 4) is 5.75 Å². The summed E-state index contributed by atoms with van der Waals surface area (Å²) in [6.07, 6.45) is 0. The predicted octanol–water partition coefficient (Wildman–Crippen LogP) is 2.35. The van der Waals surface area contributed by atoms with E-state index < -0.39 is 0 Å². The van der Waals surface area contributed by atoms with Gasteiger partial charge in [0.25, 0.3) is 0 Å². The highest BCUT2D eigenvalue weighted by atomic mass is 32.2. The van der Waals surface area contributed by atoms with Gasteiger partial charge >= 0.3 is 0 Å². The Morgan fingerprint density at radius 2 is 2.05 bits per heavy atom. The number of hydrogen-bond acceptors (Lipinski definition) is 5. The maximum atomic E-state index is 6.16. The van der Waals surface area contributed by atoms with Crippen molar-refractivity contribution in [2.45, 2.75) is 30.9 Å². The molecule has 0 spiro atoms. The van der Waals surface area contributed by atoms with Crippen LogP contribution in [0.3, 0.4) is 0 Å². The van der Waals surface area contributed by atoms with Crippen LogP contribution in [0.15, 0.2) is 11.0 Å². The van der Waals surface area contributed by atoms with Crippen molar-refractivity contribution in [1.82, 2.24) is 4.90 Å². The van der Waals surface area contributed by atoms with Gasteiger partial charge in [-0.1, -0.05) is 13.8 Å². The number of benzene rings is 1. The van der Waals surface area contributed by atoms with Crippen LogP contribution in [0.25, 0.3) is 0 Å². The van der Waals surface area contributed by atoms with Gasteiger partial charge in [0.1, 0.15) is 6.61 Å². The van der Waals surface area contributed by atoms with Crippen molar-refractivity contribution in [1.29, 1.82) is 0 Å². The number of anilines is 2. The topological polar surface area (TPSA) is 64.5 Å². The lowest BCUT2D eigenvalue weighted by molar-refractivity contribution is 0.248. The molecule has 0 fully saturated rings. The Bertz CT molecular complexity index is 460. The lowest BCUT2D eigenvalue weighted by atomic mass is 10.1. The predicted molar refractivity (Wildman–Crippen MR) is 82.9 cm³/mol. The fraction of sp³-hybridized carbons (Fsp3) is 0.571. The van der Waals surface area contributed by atoms with Gasteiger partial charge in [-0.15, -0.1) is 11.8 Å². The fourth-order valence-corrected chi connectivity index (χ4v) is 3.64. The number of fused-ring (bicyclic) bond motifs is 1. The Balaban J connectivity index is 2.19. The maximum Gasteiger partial charge on any atom is 0.157 e. The van der Waals surface area contributed by atoms with Gasteiger partial charge in [0.15, 0.2) is 5.75 Å². The van der Waals surface area contributed by atoms with E-state index in [1.807, 2.05) is 13.0 Å². The van der Waals surface area contributed by atoms with Crippen molar-refractivity contribution in [2.75, 3.05) is 37.7 Å². The molecule has 0 aromatic heterocycles. The third-order valence-electron chi connectivity index (χ3n) is 3.56. The molecule has 0 radical (unpaired) electrons. The summed E-state index contributed by atoms with van der Waals surface area (Å²) in [7, 11) is 0. The summed E-state index contributed by atoms with van der Waals surface area (Å²) >= 11 is 1.80. The summed E-state index contributed by atoms with van der Waals surface area (Å²) < 4.78 is 5.84. The highest BCUT2D eigenvalue weighted by Crippen LogP contribution is 2.45. The third-order valence-corrected chi connectivity index (χ3v) is 4.82. The Morgan fingerprint density at radius 1 is 1.37 bits per heavy atom. The smallest absolute Gasteiger partial charge is 0.157 e. The molecule has 1 aliphatic rings. The average molecular weight is 281 g/mol. The molecule has 106 valence electrons. The molecule has 1 unspecified atom stereocenters. The molecular weight excluding hydrogens is 258 g/mol. The normalized spacial score (nSPS) is 18.2. The molecule has 0 bridgehead atoms. The first-order chi connectivity index (χ1) is 9.06. The first-order valence-corrected chi connectivity index (χ1v) is 7.65. The molecule has 0 aliphatic carbocycles. The SMILES string of the molecule is CCN(CC)CC1COc2c(N)cc(C)c(N)c2S1. The van der Waals surface area contributed by atoms with Crippen molar-refractivity contribution < 1.29 is 4.74 Å². The van der Waals surface area contributed by atoms with Gasteiger partial charge in [-0.25, -0.2) is 0 Å². The van der Waals surface area contributed by atoms with Crippen molar-refractivity contribution in [3.63, 3.8) is 0 Å². The van der Waals surface area contributed by atoms with E-state index >= 15 is 0 Å². The van der Waals surface area contributed by atoms with E-state index in [-0.39, 0.29) is 0 Å². The zero-order chi connectivity index (χ0) is 14.0. The molecule has 5 heteroatoms. The van der Waals surface area contributed by atoms with Crippen LogP contribution in [0.1, 0.15) is 19.4 Å². The molecule has 19 heavy (non-hydrogen) atoms. The first kappa shape index (κ1) is 14.3. The summed E-state index contributed by atoms with van der Waals surface area (Å²) in [5, 5.41) is 0.413. The van der Waals surface area contributed by atoms with E-state index in [2.05, 4.69) is 18.7 Å². The van der Waals surface area contributed by atoms with Crippen LogP contribution < -0.4 is 16.2 Å². The minimum Gasteiger partial charge on any atom is -0.489 e. The van der Waals surface area contributed by atoms with Crippen molar-refractivity contribution in [3.05, 3.63) is 11.6 Å². The number of nitrogen functional groups attached to an aromatic ring is 2. The van der Waals surface area contributed by atoms with Gasteiger partial charge < -0.3 is 21.1 Å². The van der Waals surface area contributed by atoms with Gasteiger partial charge in [-0.05, 0) is 31.6 Å². The second-order valence-corrected chi connectivity index (χ2v) is 6.20. The summed E-state index contributed by atoms with van der Waals surface area (Å²) in [5.41, 5.74) is 14.7. The van der Waals surface area contributed by atoms with E-state index in [1.54, 1.807) is 11.8 Å². The highest BCUT2D eigenvalue weighted by molar-refractivity contribution is 8.00. The van der Waals surface area contributed by atoms with E-state index in [9.17, 15) is 0 Å². The Hall–Kier alpha value is -1.07. The average Bonchev–Trinajstić information content (AvgIpc) is 2.42. The van der Waals surface area contributed by atoms with Crippen LogP contribution in [-0.2, 0) is 0 Å². The van der Waals surface area contributed by atoms with Crippen LogP contribution in [-0.4, -0.2) is 36.4 Å². The number of nitrogens with two attached hydrogens (primary N) is 2. The number of rotatable bonds is 4. The number of aryl methyl sites for hydroxylation is 1. The molecule has 1 heterocycles. The lowest BCUT2D eigenvalue weighted by Gasteiger charge is -2.30. The molecule has 0 saturated heterocycles. The number of hydrogen-bond donors (Lipinski definition) is 2. The van der Waals surface area contributed by atoms with E-state index in [0.717, 1.165) is 41.5 Å². The second kappa shape index (κ2) is 5.92.